The van der Waals surface area contributed by atoms with Gasteiger partial charge < -0.3 is 19.7 Å². The smallest absolute Gasteiger partial charge is 0.209 e. The summed E-state index contributed by atoms with van der Waals surface area (Å²) in [5.74, 6) is 1.58. The van der Waals surface area contributed by atoms with E-state index in [0.29, 0.717) is 45.6 Å². The fourth-order valence-electron chi connectivity index (χ4n) is 3.45. The summed E-state index contributed by atoms with van der Waals surface area (Å²) < 4.78 is 26.4. The van der Waals surface area contributed by atoms with Gasteiger partial charge in [-0.15, -0.1) is 0 Å². The molecule has 2 heterocycles. The number of piperidine rings is 1. The van der Waals surface area contributed by atoms with Crippen molar-refractivity contribution in [3.63, 3.8) is 0 Å². The molecule has 0 radical (unpaired) electrons. The van der Waals surface area contributed by atoms with Gasteiger partial charge in [-0.05, 0) is 19.9 Å². The lowest BCUT2D eigenvalue weighted by Crippen LogP contribution is -2.47. The summed E-state index contributed by atoms with van der Waals surface area (Å²) in [6, 6.07) is 5.95. The number of ether oxygens (including phenoxy) is 2. The van der Waals surface area contributed by atoms with Crippen LogP contribution in [0.2, 0.25) is 0 Å². The summed E-state index contributed by atoms with van der Waals surface area (Å²) in [4.78, 5) is 12.3. The zero-order valence-electron chi connectivity index (χ0n) is 15.0. The van der Waals surface area contributed by atoms with Crippen molar-refractivity contribution in [2.45, 2.75) is 44.4 Å². The van der Waals surface area contributed by atoms with Crippen molar-refractivity contribution in [2.75, 3.05) is 32.8 Å². The van der Waals surface area contributed by atoms with Crippen LogP contribution in [0.4, 0.5) is 4.39 Å². The molecule has 2 aliphatic heterocycles. The number of amides is 1. The molecule has 1 fully saturated rings. The van der Waals surface area contributed by atoms with E-state index in [2.05, 4.69) is 25.2 Å². The Morgan fingerprint density at radius 2 is 2.12 bits per heavy atom. The molecule has 0 saturated carbocycles. The second-order valence-corrected chi connectivity index (χ2v) is 7.60. The average Bonchev–Trinajstić information content (AvgIpc) is 2.90. The topological polar surface area (TPSA) is 50.8 Å². The van der Waals surface area contributed by atoms with E-state index in [1.807, 2.05) is 12.1 Å². The highest BCUT2D eigenvalue weighted by molar-refractivity contribution is 5.50. The van der Waals surface area contributed by atoms with Crippen molar-refractivity contribution in [1.82, 2.24) is 10.2 Å². The number of fused-ring (bicyclic) bond motifs is 1. The van der Waals surface area contributed by atoms with Gasteiger partial charge in [0.05, 0.1) is 0 Å². The Morgan fingerprint density at radius 1 is 1.36 bits per heavy atom. The standard InChI is InChI=1S/C19H27FN2O3/c1-18(2)12-15-4-3-5-16(17(15)25-18)24-11-8-21-13-19(20)6-9-22(14-23)10-7-19/h3-5,14,21H,6-13H2,1-2H3. The van der Waals surface area contributed by atoms with E-state index in [-0.39, 0.29) is 5.60 Å². The quantitative estimate of drug-likeness (QED) is 0.606. The fraction of sp³-hybridized carbons (Fsp3) is 0.632. The van der Waals surface area contributed by atoms with Crippen LogP contribution in [-0.2, 0) is 11.2 Å². The van der Waals surface area contributed by atoms with Crippen LogP contribution in [0.15, 0.2) is 18.2 Å². The van der Waals surface area contributed by atoms with Crippen molar-refractivity contribution in [3.8, 4) is 11.5 Å². The molecule has 25 heavy (non-hydrogen) atoms. The first-order valence-electron chi connectivity index (χ1n) is 8.94. The molecule has 0 aromatic heterocycles. The van der Waals surface area contributed by atoms with Crippen LogP contribution in [0, 0.1) is 0 Å². The molecular formula is C19H27FN2O3. The molecule has 1 aromatic rings. The molecule has 0 aliphatic carbocycles. The molecule has 0 unspecified atom stereocenters. The molecule has 138 valence electrons. The Kier molecular flexibility index (Phi) is 5.18. The summed E-state index contributed by atoms with van der Waals surface area (Å²) in [6.45, 7) is 6.42. The number of hydrogen-bond acceptors (Lipinski definition) is 4. The van der Waals surface area contributed by atoms with Crippen molar-refractivity contribution >= 4 is 6.41 Å². The largest absolute Gasteiger partial charge is 0.488 e. The fourth-order valence-corrected chi connectivity index (χ4v) is 3.45. The van der Waals surface area contributed by atoms with E-state index >= 15 is 0 Å². The molecule has 1 saturated heterocycles. The zero-order chi connectivity index (χ0) is 17.9. The second-order valence-electron chi connectivity index (χ2n) is 7.60. The molecule has 1 N–H and O–H groups in total. The SMILES string of the molecule is CC1(C)Cc2cccc(OCCNCC3(F)CCN(C=O)CC3)c2O1. The average molecular weight is 350 g/mol. The third-order valence-electron chi connectivity index (χ3n) is 4.88. The van der Waals surface area contributed by atoms with Gasteiger partial charge >= 0.3 is 0 Å². The summed E-state index contributed by atoms with van der Waals surface area (Å²) in [7, 11) is 0. The van der Waals surface area contributed by atoms with Crippen LogP contribution in [0.5, 0.6) is 11.5 Å². The van der Waals surface area contributed by atoms with Gasteiger partial charge in [0.25, 0.3) is 0 Å². The van der Waals surface area contributed by atoms with Crippen molar-refractivity contribution < 1.29 is 18.7 Å². The molecule has 6 heteroatoms. The van der Waals surface area contributed by atoms with Gasteiger partial charge in [-0.3, -0.25) is 4.79 Å². The first-order chi connectivity index (χ1) is 11.9. The molecule has 1 amide bonds. The zero-order valence-corrected chi connectivity index (χ0v) is 15.0. The molecule has 3 rings (SSSR count). The number of benzene rings is 1. The van der Waals surface area contributed by atoms with Gasteiger partial charge in [-0.25, -0.2) is 4.39 Å². The lowest BCUT2D eigenvalue weighted by Gasteiger charge is -2.34. The Hall–Kier alpha value is -1.82. The third kappa shape index (κ3) is 4.42. The van der Waals surface area contributed by atoms with Crippen molar-refractivity contribution in [2.24, 2.45) is 0 Å². The highest BCUT2D eigenvalue weighted by Crippen LogP contribution is 2.41. The normalized spacial score (nSPS) is 20.7. The van der Waals surface area contributed by atoms with Gasteiger partial charge in [0.15, 0.2) is 11.5 Å². The van der Waals surface area contributed by atoms with E-state index < -0.39 is 5.67 Å². The van der Waals surface area contributed by atoms with Gasteiger partial charge in [0.2, 0.25) is 6.41 Å². The van der Waals surface area contributed by atoms with Crippen LogP contribution in [0.3, 0.4) is 0 Å². The van der Waals surface area contributed by atoms with E-state index in [4.69, 9.17) is 9.47 Å². The van der Waals surface area contributed by atoms with E-state index in [0.717, 1.165) is 24.3 Å². The van der Waals surface area contributed by atoms with E-state index in [1.165, 1.54) is 5.56 Å². The first-order valence-corrected chi connectivity index (χ1v) is 8.94. The number of halogens is 1. The highest BCUT2D eigenvalue weighted by Gasteiger charge is 2.34. The van der Waals surface area contributed by atoms with Gasteiger partial charge in [0.1, 0.15) is 17.9 Å². The molecule has 0 bridgehead atoms. The first kappa shape index (κ1) is 18.0. The predicted octanol–water partition coefficient (Wildman–Crippen LogP) is 2.33. The maximum Gasteiger partial charge on any atom is 0.209 e. The Bertz CT molecular complexity index is 613. The van der Waals surface area contributed by atoms with Gasteiger partial charge in [0, 0.05) is 51.0 Å². The maximum absolute atomic E-state index is 14.6. The summed E-state index contributed by atoms with van der Waals surface area (Å²) >= 11 is 0. The van der Waals surface area contributed by atoms with Crippen LogP contribution in [-0.4, -0.2) is 55.4 Å². The number of rotatable bonds is 7. The second kappa shape index (κ2) is 7.20. The Morgan fingerprint density at radius 3 is 2.84 bits per heavy atom. The Labute approximate surface area is 148 Å². The van der Waals surface area contributed by atoms with Crippen LogP contribution in [0.1, 0.15) is 32.3 Å². The van der Waals surface area contributed by atoms with E-state index in [1.54, 1.807) is 4.90 Å². The predicted molar refractivity (Wildman–Crippen MR) is 93.9 cm³/mol. The van der Waals surface area contributed by atoms with Crippen molar-refractivity contribution in [3.05, 3.63) is 23.8 Å². The number of carbonyl (C=O) groups is 1. The minimum atomic E-state index is -1.24. The molecule has 0 spiro atoms. The number of likely N-dealkylation sites (tertiary alicyclic amines) is 1. The van der Waals surface area contributed by atoms with Crippen LogP contribution >= 0.6 is 0 Å². The summed E-state index contributed by atoms with van der Waals surface area (Å²) in [5.41, 5.74) is -0.266. The Balaban J connectivity index is 1.42. The number of alkyl halides is 1. The minimum absolute atomic E-state index is 0.197. The monoisotopic (exact) mass is 350 g/mol. The molecule has 0 atom stereocenters. The van der Waals surface area contributed by atoms with Gasteiger partial charge in [-0.1, -0.05) is 12.1 Å². The highest BCUT2D eigenvalue weighted by atomic mass is 19.1. The number of para-hydroxylation sites is 1. The molecular weight excluding hydrogens is 323 g/mol. The molecule has 5 nitrogen and oxygen atoms in total. The minimum Gasteiger partial charge on any atom is -0.488 e. The molecule has 2 aliphatic rings. The molecule has 1 aromatic carbocycles. The number of carbonyl (C=O) groups excluding carboxylic acids is 1. The lowest BCUT2D eigenvalue weighted by molar-refractivity contribution is -0.120. The number of nitrogens with zero attached hydrogens (tertiary/aromatic N) is 1. The number of nitrogens with one attached hydrogen (secondary N) is 1. The summed E-state index contributed by atoms with van der Waals surface area (Å²) in [6.07, 6.45) is 2.44. The van der Waals surface area contributed by atoms with E-state index in [9.17, 15) is 9.18 Å². The maximum atomic E-state index is 14.6. The number of hydrogen-bond donors (Lipinski definition) is 1. The third-order valence-corrected chi connectivity index (χ3v) is 4.88. The van der Waals surface area contributed by atoms with Gasteiger partial charge in [-0.2, -0.15) is 0 Å². The summed E-state index contributed by atoms with van der Waals surface area (Å²) in [5, 5.41) is 3.14. The van der Waals surface area contributed by atoms with Crippen LogP contribution < -0.4 is 14.8 Å². The lowest BCUT2D eigenvalue weighted by atomic mass is 9.93. The van der Waals surface area contributed by atoms with Crippen molar-refractivity contribution in [1.29, 1.82) is 0 Å². The van der Waals surface area contributed by atoms with Crippen LogP contribution in [0.25, 0.3) is 0 Å².